The Labute approximate surface area is 155 Å². The molecule has 1 aliphatic rings. The molecule has 1 aliphatic heterocycles. The molecule has 0 aromatic heterocycles. The smallest absolute Gasteiger partial charge is 0.145 e. The summed E-state index contributed by atoms with van der Waals surface area (Å²) in [7, 11) is 4.55. The van der Waals surface area contributed by atoms with Crippen molar-refractivity contribution in [2.24, 2.45) is 0 Å². The fourth-order valence-electron chi connectivity index (χ4n) is 4.03. The molecule has 26 heavy (non-hydrogen) atoms. The van der Waals surface area contributed by atoms with Crippen molar-refractivity contribution < 1.29 is 0 Å². The molecule has 4 rings (SSSR count). The Bertz CT molecular complexity index is 1010. The van der Waals surface area contributed by atoms with Gasteiger partial charge in [0.05, 0.1) is 19.7 Å². The average molecular weight is 341 g/mol. The van der Waals surface area contributed by atoms with Gasteiger partial charge in [-0.05, 0) is 35.4 Å². The Balaban J connectivity index is 1.80. The highest BCUT2D eigenvalue weighted by Gasteiger charge is 2.38. The van der Waals surface area contributed by atoms with E-state index >= 15 is 0 Å². The normalized spacial score (nSPS) is 15.7. The van der Waals surface area contributed by atoms with Gasteiger partial charge >= 0.3 is 0 Å². The zero-order chi connectivity index (χ0) is 18.1. The summed E-state index contributed by atoms with van der Waals surface area (Å²) in [5.74, 6) is 0. The number of fused-ring (bicyclic) bond motifs is 3. The zero-order valence-electron chi connectivity index (χ0n) is 15.7. The van der Waals surface area contributed by atoms with E-state index in [9.17, 15) is 0 Å². The first-order valence-corrected chi connectivity index (χ1v) is 9.21. The van der Waals surface area contributed by atoms with E-state index in [2.05, 4.69) is 87.1 Å². The molecule has 0 radical (unpaired) electrons. The van der Waals surface area contributed by atoms with Crippen LogP contribution in [0.1, 0.15) is 18.9 Å². The van der Waals surface area contributed by atoms with Crippen LogP contribution in [0.3, 0.4) is 0 Å². The number of quaternary nitrogens is 1. The highest BCUT2D eigenvalue weighted by molar-refractivity contribution is 6.03. The summed E-state index contributed by atoms with van der Waals surface area (Å²) in [5, 5.41) is 6.06. The van der Waals surface area contributed by atoms with Crippen LogP contribution in [0.15, 0.2) is 84.7 Å². The van der Waals surface area contributed by atoms with Crippen LogP contribution in [0.5, 0.6) is 0 Å². The molecule has 0 amide bonds. The fourth-order valence-corrected chi connectivity index (χ4v) is 4.03. The second-order valence-electron chi connectivity index (χ2n) is 7.20. The summed E-state index contributed by atoms with van der Waals surface area (Å²) in [6, 6.07) is 23.5. The van der Waals surface area contributed by atoms with Gasteiger partial charge in [-0.15, -0.1) is 0 Å². The molecule has 1 N–H and O–H groups in total. The highest BCUT2D eigenvalue weighted by atomic mass is 15.3. The lowest BCUT2D eigenvalue weighted by molar-refractivity contribution is 0.521. The number of hydrogen-bond acceptors (Lipinski definition) is 1. The number of nitrogens with zero attached hydrogens (tertiary/aromatic N) is 1. The van der Waals surface area contributed by atoms with Crippen LogP contribution in [-0.4, -0.2) is 14.1 Å². The molecule has 0 unspecified atom stereocenters. The lowest BCUT2D eigenvalue weighted by Crippen LogP contribution is -2.36. The topological polar surface area (TPSA) is 12.0 Å². The van der Waals surface area contributed by atoms with Crippen molar-refractivity contribution in [1.82, 2.24) is 4.48 Å². The van der Waals surface area contributed by atoms with Gasteiger partial charge < -0.3 is 5.32 Å². The molecule has 0 saturated carbocycles. The first-order valence-electron chi connectivity index (χ1n) is 9.21. The van der Waals surface area contributed by atoms with Gasteiger partial charge in [-0.25, -0.2) is 0 Å². The Hall–Kier alpha value is -2.84. The van der Waals surface area contributed by atoms with E-state index in [-0.39, 0.29) is 0 Å². The third kappa shape index (κ3) is 2.63. The van der Waals surface area contributed by atoms with Crippen LogP contribution in [0.4, 0.5) is 11.4 Å². The molecule has 0 fully saturated rings. The molecule has 130 valence electrons. The van der Waals surface area contributed by atoms with Gasteiger partial charge in [-0.2, -0.15) is 0 Å². The summed E-state index contributed by atoms with van der Waals surface area (Å²) < 4.78 is 0.774. The molecule has 0 bridgehead atoms. The summed E-state index contributed by atoms with van der Waals surface area (Å²) in [4.78, 5) is 0. The molecular weight excluding hydrogens is 316 g/mol. The van der Waals surface area contributed by atoms with Crippen molar-refractivity contribution >= 4 is 27.7 Å². The zero-order valence-corrected chi connectivity index (χ0v) is 15.7. The number of anilines is 1. The lowest BCUT2D eigenvalue weighted by atomic mass is 9.96. The maximum absolute atomic E-state index is 3.39. The Morgan fingerprint density at radius 1 is 0.885 bits per heavy atom. The minimum absolute atomic E-state index is 0.774. The van der Waals surface area contributed by atoms with Crippen molar-refractivity contribution in [2.75, 3.05) is 19.4 Å². The Morgan fingerprint density at radius 2 is 1.62 bits per heavy atom. The van der Waals surface area contributed by atoms with E-state index in [1.807, 2.05) is 18.2 Å². The van der Waals surface area contributed by atoms with E-state index in [1.165, 1.54) is 33.3 Å². The second-order valence-corrected chi connectivity index (χ2v) is 7.20. The number of hydrogen-bond donors (Lipinski definition) is 1. The number of allylic oxidation sites excluding steroid dienone is 2. The van der Waals surface area contributed by atoms with Gasteiger partial charge in [-0.3, -0.25) is 4.48 Å². The molecule has 3 aromatic rings. The summed E-state index contributed by atoms with van der Waals surface area (Å²) in [6.07, 6.45) is 5.32. The SMILES string of the molecule is CCC1=C(C=CNc2ccccc2)[N+](C)(C)c2ccc3ccccc3c21. The van der Waals surface area contributed by atoms with Crippen molar-refractivity contribution in [3.05, 3.63) is 90.3 Å². The number of nitrogens with one attached hydrogen (secondary N) is 1. The number of likely N-dealkylation sites (N-methyl/N-ethyl adjacent to an activating group) is 1. The van der Waals surface area contributed by atoms with Crippen molar-refractivity contribution in [2.45, 2.75) is 13.3 Å². The molecule has 0 atom stereocenters. The predicted molar refractivity (Wildman–Crippen MR) is 114 cm³/mol. The first-order chi connectivity index (χ1) is 12.6. The van der Waals surface area contributed by atoms with Crippen LogP contribution in [-0.2, 0) is 0 Å². The van der Waals surface area contributed by atoms with E-state index in [0.29, 0.717) is 0 Å². The average Bonchev–Trinajstić information content (AvgIpc) is 2.89. The van der Waals surface area contributed by atoms with Crippen LogP contribution < -0.4 is 9.80 Å². The van der Waals surface area contributed by atoms with Crippen molar-refractivity contribution in [1.29, 1.82) is 0 Å². The molecule has 2 nitrogen and oxygen atoms in total. The third-order valence-corrected chi connectivity index (χ3v) is 5.34. The quantitative estimate of drug-likeness (QED) is 0.560. The predicted octanol–water partition coefficient (Wildman–Crippen LogP) is 6.17. The molecule has 0 aliphatic carbocycles. The standard InChI is InChI=1S/C24H25N2/c1-4-20-22(16-17-25-19-11-6-5-7-12-19)26(2,3)23-15-14-18-10-8-9-13-21(18)24(20)23/h5-17,25H,4H2,1-3H3/q+1. The van der Waals surface area contributed by atoms with E-state index < -0.39 is 0 Å². The van der Waals surface area contributed by atoms with Gasteiger partial charge in [0.2, 0.25) is 0 Å². The van der Waals surface area contributed by atoms with Gasteiger partial charge in [-0.1, -0.05) is 49.4 Å². The summed E-state index contributed by atoms with van der Waals surface area (Å²) in [5.41, 5.74) is 6.68. The largest absolute Gasteiger partial charge is 0.361 e. The van der Waals surface area contributed by atoms with Gasteiger partial charge in [0.1, 0.15) is 11.4 Å². The minimum Gasteiger partial charge on any atom is -0.361 e. The van der Waals surface area contributed by atoms with Crippen LogP contribution in [0.25, 0.3) is 16.3 Å². The van der Waals surface area contributed by atoms with E-state index in [0.717, 1.165) is 16.6 Å². The maximum atomic E-state index is 3.39. The third-order valence-electron chi connectivity index (χ3n) is 5.34. The number of rotatable bonds is 4. The monoisotopic (exact) mass is 341 g/mol. The van der Waals surface area contributed by atoms with Crippen LogP contribution in [0.2, 0.25) is 0 Å². The molecule has 2 heteroatoms. The number of benzene rings is 3. The summed E-state index contributed by atoms with van der Waals surface area (Å²) in [6.45, 7) is 2.25. The van der Waals surface area contributed by atoms with Crippen LogP contribution in [0, 0.1) is 0 Å². The van der Waals surface area contributed by atoms with E-state index in [4.69, 9.17) is 0 Å². The molecule has 3 aromatic carbocycles. The van der Waals surface area contributed by atoms with E-state index in [1.54, 1.807) is 0 Å². The maximum Gasteiger partial charge on any atom is 0.145 e. The molecular formula is C24H25N2+. The Morgan fingerprint density at radius 3 is 2.38 bits per heavy atom. The highest BCUT2D eigenvalue weighted by Crippen LogP contribution is 2.47. The molecule has 0 spiro atoms. The Kier molecular flexibility index (Phi) is 4.14. The summed E-state index contributed by atoms with van der Waals surface area (Å²) >= 11 is 0. The second kappa shape index (κ2) is 6.47. The van der Waals surface area contributed by atoms with Gasteiger partial charge in [0, 0.05) is 29.6 Å². The van der Waals surface area contributed by atoms with Crippen molar-refractivity contribution in [3.8, 4) is 0 Å². The van der Waals surface area contributed by atoms with Gasteiger partial charge in [0.15, 0.2) is 0 Å². The molecule has 0 saturated heterocycles. The first kappa shape index (κ1) is 16.6. The molecule has 1 heterocycles. The lowest BCUT2D eigenvalue weighted by Gasteiger charge is -2.26. The van der Waals surface area contributed by atoms with Crippen LogP contribution >= 0.6 is 0 Å². The fraction of sp³-hybridized carbons (Fsp3) is 0.167. The van der Waals surface area contributed by atoms with Gasteiger partial charge in [0.25, 0.3) is 0 Å². The number of para-hydroxylation sites is 1. The van der Waals surface area contributed by atoms with Crippen molar-refractivity contribution in [3.63, 3.8) is 0 Å². The minimum atomic E-state index is 0.774.